The van der Waals surface area contributed by atoms with Crippen molar-refractivity contribution in [3.8, 4) is 0 Å². The molecule has 0 amide bonds. The highest BCUT2D eigenvalue weighted by Gasteiger charge is 2.25. The molecule has 1 fully saturated rings. The van der Waals surface area contributed by atoms with Crippen LogP contribution in [0.1, 0.15) is 37.0 Å². The van der Waals surface area contributed by atoms with Gasteiger partial charge < -0.3 is 20.1 Å². The molecule has 0 saturated carbocycles. The Hall–Kier alpha value is -1.82. The standard InChI is InChI=1S/C15H23N3O3/c1-3-20-12-6-5-7-18(10-12)14-13(15(19)21-4-2)8-11(16)9-17-14/h8-9,12H,3-7,10,16H2,1-2H3. The maximum absolute atomic E-state index is 12.1. The van der Waals surface area contributed by atoms with Crippen molar-refractivity contribution in [3.63, 3.8) is 0 Å². The van der Waals surface area contributed by atoms with Crippen molar-refractivity contribution >= 4 is 17.5 Å². The van der Waals surface area contributed by atoms with E-state index in [1.54, 1.807) is 19.2 Å². The first-order valence-electron chi connectivity index (χ1n) is 7.44. The van der Waals surface area contributed by atoms with Crippen molar-refractivity contribution < 1.29 is 14.3 Å². The van der Waals surface area contributed by atoms with Crippen LogP contribution in [-0.2, 0) is 9.47 Å². The van der Waals surface area contributed by atoms with E-state index in [4.69, 9.17) is 15.2 Å². The lowest BCUT2D eigenvalue weighted by molar-refractivity contribution is 0.0503. The van der Waals surface area contributed by atoms with Gasteiger partial charge in [0, 0.05) is 19.7 Å². The molecule has 116 valence electrons. The smallest absolute Gasteiger partial charge is 0.341 e. The van der Waals surface area contributed by atoms with Crippen LogP contribution in [0.4, 0.5) is 11.5 Å². The normalized spacial score (nSPS) is 18.6. The summed E-state index contributed by atoms with van der Waals surface area (Å²) in [7, 11) is 0. The van der Waals surface area contributed by atoms with E-state index in [2.05, 4.69) is 9.88 Å². The summed E-state index contributed by atoms with van der Waals surface area (Å²) in [5, 5.41) is 0. The minimum absolute atomic E-state index is 0.179. The summed E-state index contributed by atoms with van der Waals surface area (Å²) < 4.78 is 10.8. The van der Waals surface area contributed by atoms with Crippen molar-refractivity contribution in [1.29, 1.82) is 0 Å². The Morgan fingerprint density at radius 3 is 3.00 bits per heavy atom. The average molecular weight is 293 g/mol. The summed E-state index contributed by atoms with van der Waals surface area (Å²) in [4.78, 5) is 18.5. The Labute approximate surface area is 125 Å². The first-order chi connectivity index (χ1) is 10.2. The van der Waals surface area contributed by atoms with E-state index in [0.717, 1.165) is 25.9 Å². The minimum atomic E-state index is -0.383. The number of carbonyl (C=O) groups excluding carboxylic acids is 1. The molecule has 1 aliphatic rings. The highest BCUT2D eigenvalue weighted by atomic mass is 16.5. The van der Waals surface area contributed by atoms with E-state index < -0.39 is 0 Å². The molecule has 2 rings (SSSR count). The fourth-order valence-corrected chi connectivity index (χ4v) is 2.59. The molecule has 1 saturated heterocycles. The molecule has 0 bridgehead atoms. The van der Waals surface area contributed by atoms with Crippen molar-refractivity contribution in [3.05, 3.63) is 17.8 Å². The summed E-state index contributed by atoms with van der Waals surface area (Å²) in [6.45, 7) is 6.38. The zero-order chi connectivity index (χ0) is 15.2. The van der Waals surface area contributed by atoms with Gasteiger partial charge in [0.15, 0.2) is 0 Å². The van der Waals surface area contributed by atoms with E-state index in [-0.39, 0.29) is 12.1 Å². The molecule has 6 nitrogen and oxygen atoms in total. The first-order valence-corrected chi connectivity index (χ1v) is 7.44. The number of hydrogen-bond donors (Lipinski definition) is 1. The molecule has 0 aromatic carbocycles. The van der Waals surface area contributed by atoms with Crippen LogP contribution in [0.3, 0.4) is 0 Å². The maximum atomic E-state index is 12.1. The van der Waals surface area contributed by atoms with Crippen LogP contribution >= 0.6 is 0 Å². The van der Waals surface area contributed by atoms with Gasteiger partial charge in [-0.2, -0.15) is 0 Å². The molecule has 2 heterocycles. The number of carbonyl (C=O) groups is 1. The molecule has 2 N–H and O–H groups in total. The zero-order valence-electron chi connectivity index (χ0n) is 12.7. The zero-order valence-corrected chi connectivity index (χ0v) is 12.7. The summed E-state index contributed by atoms with van der Waals surface area (Å²) >= 11 is 0. The van der Waals surface area contributed by atoms with E-state index >= 15 is 0 Å². The Balaban J connectivity index is 2.23. The number of pyridine rings is 1. The van der Waals surface area contributed by atoms with Crippen LogP contribution in [0.5, 0.6) is 0 Å². The molecule has 0 radical (unpaired) electrons. The number of nitrogen functional groups attached to an aromatic ring is 1. The number of aromatic nitrogens is 1. The van der Waals surface area contributed by atoms with Crippen molar-refractivity contribution in [1.82, 2.24) is 4.98 Å². The first kappa shape index (κ1) is 15.6. The molecule has 1 aromatic heterocycles. The van der Waals surface area contributed by atoms with Crippen LogP contribution in [0, 0.1) is 0 Å². The topological polar surface area (TPSA) is 77.7 Å². The highest BCUT2D eigenvalue weighted by molar-refractivity contribution is 5.95. The Morgan fingerprint density at radius 2 is 2.29 bits per heavy atom. The monoisotopic (exact) mass is 293 g/mol. The predicted octanol–water partition coefficient (Wildman–Crippen LogP) is 1.85. The molecule has 1 aliphatic heterocycles. The van der Waals surface area contributed by atoms with Gasteiger partial charge in [-0.1, -0.05) is 0 Å². The van der Waals surface area contributed by atoms with Gasteiger partial charge in [-0.15, -0.1) is 0 Å². The fraction of sp³-hybridized carbons (Fsp3) is 0.600. The number of nitrogens with zero attached hydrogens (tertiary/aromatic N) is 2. The minimum Gasteiger partial charge on any atom is -0.462 e. The largest absolute Gasteiger partial charge is 0.462 e. The molecule has 1 atom stereocenters. The number of anilines is 2. The van der Waals surface area contributed by atoms with Gasteiger partial charge in [-0.3, -0.25) is 0 Å². The van der Waals surface area contributed by atoms with Gasteiger partial charge in [0.1, 0.15) is 11.4 Å². The molecular weight excluding hydrogens is 270 g/mol. The van der Waals surface area contributed by atoms with Gasteiger partial charge in [-0.05, 0) is 32.8 Å². The van der Waals surface area contributed by atoms with Gasteiger partial charge in [0.25, 0.3) is 0 Å². The van der Waals surface area contributed by atoms with Gasteiger partial charge in [-0.25, -0.2) is 9.78 Å². The number of rotatable bonds is 5. The second-order valence-corrected chi connectivity index (χ2v) is 5.03. The molecular formula is C15H23N3O3. The molecule has 21 heavy (non-hydrogen) atoms. The maximum Gasteiger partial charge on any atom is 0.341 e. The molecule has 6 heteroatoms. The Bertz CT molecular complexity index is 491. The molecule has 0 spiro atoms. The van der Waals surface area contributed by atoms with Crippen LogP contribution in [-0.4, -0.2) is 43.4 Å². The average Bonchev–Trinajstić information content (AvgIpc) is 2.48. The van der Waals surface area contributed by atoms with E-state index in [9.17, 15) is 4.79 Å². The second kappa shape index (κ2) is 7.26. The molecule has 0 aliphatic carbocycles. The third-order valence-electron chi connectivity index (χ3n) is 3.46. The predicted molar refractivity (Wildman–Crippen MR) is 81.5 cm³/mol. The Morgan fingerprint density at radius 1 is 1.48 bits per heavy atom. The summed E-state index contributed by atoms with van der Waals surface area (Å²) in [6.07, 6.45) is 3.80. The number of ether oxygens (including phenoxy) is 2. The molecule has 1 aromatic rings. The van der Waals surface area contributed by atoms with Crippen LogP contribution < -0.4 is 10.6 Å². The number of hydrogen-bond acceptors (Lipinski definition) is 6. The van der Waals surface area contributed by atoms with Crippen LogP contribution in [0.2, 0.25) is 0 Å². The SMILES string of the molecule is CCOC(=O)c1cc(N)cnc1N1CCCC(OCC)C1. The number of nitrogens with two attached hydrogens (primary N) is 1. The number of piperidine rings is 1. The number of esters is 1. The third kappa shape index (κ3) is 3.85. The van der Waals surface area contributed by atoms with Gasteiger partial charge in [0.05, 0.1) is 24.6 Å². The summed E-state index contributed by atoms with van der Waals surface area (Å²) in [5.41, 5.74) is 6.64. The van der Waals surface area contributed by atoms with Crippen molar-refractivity contribution in [2.75, 3.05) is 36.9 Å². The van der Waals surface area contributed by atoms with E-state index in [1.807, 2.05) is 6.92 Å². The van der Waals surface area contributed by atoms with Crippen molar-refractivity contribution in [2.24, 2.45) is 0 Å². The lowest BCUT2D eigenvalue weighted by Crippen LogP contribution is -2.41. The molecule has 1 unspecified atom stereocenters. The van der Waals surface area contributed by atoms with Crippen LogP contribution in [0.15, 0.2) is 12.3 Å². The summed E-state index contributed by atoms with van der Waals surface area (Å²) in [5.74, 6) is 0.248. The Kier molecular flexibility index (Phi) is 5.38. The lowest BCUT2D eigenvalue weighted by atomic mass is 10.1. The third-order valence-corrected chi connectivity index (χ3v) is 3.46. The van der Waals surface area contributed by atoms with Crippen molar-refractivity contribution in [2.45, 2.75) is 32.8 Å². The quantitative estimate of drug-likeness (QED) is 0.835. The van der Waals surface area contributed by atoms with Crippen LogP contribution in [0.25, 0.3) is 0 Å². The second-order valence-electron chi connectivity index (χ2n) is 5.03. The van der Waals surface area contributed by atoms with Gasteiger partial charge >= 0.3 is 5.97 Å². The summed E-state index contributed by atoms with van der Waals surface area (Å²) in [6, 6.07) is 1.63. The highest BCUT2D eigenvalue weighted by Crippen LogP contribution is 2.25. The van der Waals surface area contributed by atoms with Gasteiger partial charge in [0.2, 0.25) is 0 Å². The van der Waals surface area contributed by atoms with E-state index in [0.29, 0.717) is 30.3 Å². The van der Waals surface area contributed by atoms with E-state index in [1.165, 1.54) is 0 Å². The lowest BCUT2D eigenvalue weighted by Gasteiger charge is -2.34. The fourth-order valence-electron chi connectivity index (χ4n) is 2.59.